The largest absolute Gasteiger partial charge is 0.505 e. The van der Waals surface area contributed by atoms with Crippen molar-refractivity contribution >= 4 is 29.4 Å². The van der Waals surface area contributed by atoms with E-state index in [0.717, 1.165) is 24.3 Å². The van der Waals surface area contributed by atoms with Crippen molar-refractivity contribution in [3.05, 3.63) is 23.8 Å². The summed E-state index contributed by atoms with van der Waals surface area (Å²) in [5.41, 5.74) is -0.149. The van der Waals surface area contributed by atoms with Crippen molar-refractivity contribution < 1.29 is 19.8 Å². The Morgan fingerprint density at radius 3 is 2.60 bits per heavy atom. The van der Waals surface area contributed by atoms with Crippen LogP contribution in [0.15, 0.2) is 18.2 Å². The first kappa shape index (κ1) is 14.5. The molecule has 108 valence electrons. The first-order chi connectivity index (χ1) is 9.58. The van der Waals surface area contributed by atoms with Gasteiger partial charge in [-0.25, -0.2) is 9.59 Å². The highest BCUT2D eigenvalue weighted by atomic mass is 32.2. The van der Waals surface area contributed by atoms with Gasteiger partial charge in [-0.15, -0.1) is 0 Å². The zero-order valence-electron chi connectivity index (χ0n) is 10.8. The number of urea groups is 1. The molecular formula is C13H16N2O4S. The molecule has 0 aliphatic carbocycles. The van der Waals surface area contributed by atoms with Crippen molar-refractivity contribution in [2.45, 2.75) is 18.9 Å². The van der Waals surface area contributed by atoms with Gasteiger partial charge in [-0.2, -0.15) is 11.8 Å². The summed E-state index contributed by atoms with van der Waals surface area (Å²) in [5, 5.41) is 24.0. The number of thioether (sulfide) groups is 1. The van der Waals surface area contributed by atoms with Gasteiger partial charge in [0.15, 0.2) is 5.75 Å². The van der Waals surface area contributed by atoms with E-state index in [4.69, 9.17) is 5.11 Å². The molecule has 1 saturated heterocycles. The average Bonchev–Trinajstić information content (AvgIpc) is 2.42. The lowest BCUT2D eigenvalue weighted by Crippen LogP contribution is -2.40. The molecule has 0 radical (unpaired) electrons. The second-order valence-electron chi connectivity index (χ2n) is 4.49. The number of aromatic carboxylic acids is 1. The smallest absolute Gasteiger partial charge is 0.339 e. The number of hydrogen-bond acceptors (Lipinski definition) is 4. The SMILES string of the molecule is O=C(Nc1cccc(C(=O)O)c1O)NC1CCSCC1. The van der Waals surface area contributed by atoms with Crippen LogP contribution in [0.3, 0.4) is 0 Å². The topological polar surface area (TPSA) is 98.7 Å². The first-order valence-electron chi connectivity index (χ1n) is 6.28. The normalized spacial score (nSPS) is 15.6. The van der Waals surface area contributed by atoms with E-state index in [1.54, 1.807) is 0 Å². The minimum absolute atomic E-state index is 0.0904. The van der Waals surface area contributed by atoms with Crippen LogP contribution in [0.5, 0.6) is 5.75 Å². The Bertz CT molecular complexity index is 515. The van der Waals surface area contributed by atoms with Gasteiger partial charge in [-0.3, -0.25) is 0 Å². The van der Waals surface area contributed by atoms with E-state index in [0.29, 0.717) is 0 Å². The molecule has 1 aromatic carbocycles. The number of benzene rings is 1. The van der Waals surface area contributed by atoms with E-state index in [-0.39, 0.29) is 17.3 Å². The van der Waals surface area contributed by atoms with Gasteiger partial charge < -0.3 is 20.8 Å². The van der Waals surface area contributed by atoms with Gasteiger partial charge in [0.25, 0.3) is 0 Å². The summed E-state index contributed by atoms with van der Waals surface area (Å²) in [6.07, 6.45) is 1.83. The average molecular weight is 296 g/mol. The highest BCUT2D eigenvalue weighted by Gasteiger charge is 2.18. The molecule has 1 aliphatic rings. The Morgan fingerprint density at radius 1 is 1.25 bits per heavy atom. The van der Waals surface area contributed by atoms with Gasteiger partial charge in [0.1, 0.15) is 5.56 Å². The molecule has 1 fully saturated rings. The summed E-state index contributed by atoms with van der Waals surface area (Å²) in [4.78, 5) is 22.7. The zero-order valence-corrected chi connectivity index (χ0v) is 11.6. The van der Waals surface area contributed by atoms with Crippen molar-refractivity contribution in [2.24, 2.45) is 0 Å². The van der Waals surface area contributed by atoms with Crippen LogP contribution >= 0.6 is 11.8 Å². The number of carbonyl (C=O) groups is 2. The van der Waals surface area contributed by atoms with E-state index < -0.39 is 17.7 Å². The minimum atomic E-state index is -1.24. The first-order valence-corrected chi connectivity index (χ1v) is 7.44. The Hall–Kier alpha value is -1.89. The summed E-state index contributed by atoms with van der Waals surface area (Å²) < 4.78 is 0. The van der Waals surface area contributed by atoms with Crippen LogP contribution in [0.1, 0.15) is 23.2 Å². The number of carboxylic acid groups (broad SMARTS) is 1. The molecule has 0 atom stereocenters. The molecule has 20 heavy (non-hydrogen) atoms. The number of phenols is 1. The van der Waals surface area contributed by atoms with E-state index in [1.807, 2.05) is 11.8 Å². The third-order valence-electron chi connectivity index (χ3n) is 3.07. The van der Waals surface area contributed by atoms with Gasteiger partial charge in [0.05, 0.1) is 5.69 Å². The fraction of sp³-hybridized carbons (Fsp3) is 0.385. The predicted molar refractivity (Wildman–Crippen MR) is 77.6 cm³/mol. The lowest BCUT2D eigenvalue weighted by Gasteiger charge is -2.22. The molecule has 1 aromatic rings. The standard InChI is InChI=1S/C13H16N2O4S/c16-11-9(12(17)18)2-1-3-10(11)15-13(19)14-8-4-6-20-7-5-8/h1-3,8,16H,4-7H2,(H,17,18)(H2,14,15,19). The molecule has 0 bridgehead atoms. The number of para-hydroxylation sites is 1. The summed E-state index contributed by atoms with van der Waals surface area (Å²) >= 11 is 1.86. The third kappa shape index (κ3) is 3.57. The summed E-state index contributed by atoms with van der Waals surface area (Å²) in [5.74, 6) is 0.361. The van der Waals surface area contributed by atoms with Crippen molar-refractivity contribution in [2.75, 3.05) is 16.8 Å². The fourth-order valence-corrected chi connectivity index (χ4v) is 3.11. The van der Waals surface area contributed by atoms with E-state index in [9.17, 15) is 14.7 Å². The van der Waals surface area contributed by atoms with Gasteiger partial charge in [-0.05, 0) is 36.5 Å². The third-order valence-corrected chi connectivity index (χ3v) is 4.12. The number of aromatic hydroxyl groups is 1. The molecule has 2 amide bonds. The molecule has 4 N–H and O–H groups in total. The number of hydrogen-bond donors (Lipinski definition) is 4. The summed E-state index contributed by atoms with van der Waals surface area (Å²) in [6.45, 7) is 0. The fourth-order valence-electron chi connectivity index (χ4n) is 2.00. The minimum Gasteiger partial charge on any atom is -0.505 e. The number of rotatable bonds is 3. The van der Waals surface area contributed by atoms with Gasteiger partial charge in [-0.1, -0.05) is 6.07 Å². The van der Waals surface area contributed by atoms with Crippen LogP contribution in [-0.4, -0.2) is 39.8 Å². The Balaban J connectivity index is 2.00. The Kier molecular flexibility index (Phi) is 4.73. The summed E-state index contributed by atoms with van der Waals surface area (Å²) in [7, 11) is 0. The molecule has 0 aromatic heterocycles. The maximum absolute atomic E-state index is 11.8. The number of nitrogens with one attached hydrogen (secondary N) is 2. The molecule has 2 rings (SSSR count). The van der Waals surface area contributed by atoms with E-state index >= 15 is 0 Å². The molecule has 1 aliphatic heterocycles. The van der Waals surface area contributed by atoms with Crippen molar-refractivity contribution in [1.29, 1.82) is 0 Å². The quantitative estimate of drug-likeness (QED) is 0.640. The Morgan fingerprint density at radius 2 is 1.95 bits per heavy atom. The van der Waals surface area contributed by atoms with E-state index in [2.05, 4.69) is 10.6 Å². The molecule has 0 spiro atoms. The molecule has 0 unspecified atom stereocenters. The van der Waals surface area contributed by atoms with E-state index in [1.165, 1.54) is 18.2 Å². The monoisotopic (exact) mass is 296 g/mol. The molecule has 0 saturated carbocycles. The van der Waals surface area contributed by atoms with Crippen molar-refractivity contribution in [3.8, 4) is 5.75 Å². The van der Waals surface area contributed by atoms with Crippen LogP contribution in [-0.2, 0) is 0 Å². The number of carboxylic acids is 1. The maximum atomic E-state index is 11.8. The second kappa shape index (κ2) is 6.51. The number of carbonyl (C=O) groups excluding carboxylic acids is 1. The summed E-state index contributed by atoms with van der Waals surface area (Å²) in [6, 6.07) is 3.90. The van der Waals surface area contributed by atoms with Gasteiger partial charge in [0, 0.05) is 6.04 Å². The lowest BCUT2D eigenvalue weighted by molar-refractivity contribution is 0.0693. The van der Waals surface area contributed by atoms with Gasteiger partial charge >= 0.3 is 12.0 Å². The van der Waals surface area contributed by atoms with Crippen LogP contribution in [0, 0.1) is 0 Å². The predicted octanol–water partition coefficient (Wildman–Crippen LogP) is 2.11. The van der Waals surface area contributed by atoms with Crippen LogP contribution in [0.4, 0.5) is 10.5 Å². The highest BCUT2D eigenvalue weighted by Crippen LogP contribution is 2.27. The maximum Gasteiger partial charge on any atom is 0.339 e. The molecule has 1 heterocycles. The Labute approximate surface area is 120 Å². The molecule has 6 nitrogen and oxygen atoms in total. The zero-order chi connectivity index (χ0) is 14.5. The highest BCUT2D eigenvalue weighted by molar-refractivity contribution is 7.99. The lowest BCUT2D eigenvalue weighted by atomic mass is 10.1. The number of anilines is 1. The van der Waals surface area contributed by atoms with Crippen molar-refractivity contribution in [3.63, 3.8) is 0 Å². The van der Waals surface area contributed by atoms with Gasteiger partial charge in [0.2, 0.25) is 0 Å². The number of amides is 2. The van der Waals surface area contributed by atoms with Crippen molar-refractivity contribution in [1.82, 2.24) is 5.32 Å². The second-order valence-corrected chi connectivity index (χ2v) is 5.72. The van der Waals surface area contributed by atoms with Crippen LogP contribution in [0.2, 0.25) is 0 Å². The molecular weight excluding hydrogens is 280 g/mol. The van der Waals surface area contributed by atoms with Crippen LogP contribution < -0.4 is 10.6 Å². The molecule has 7 heteroatoms. The van der Waals surface area contributed by atoms with Crippen LogP contribution in [0.25, 0.3) is 0 Å².